The van der Waals surface area contributed by atoms with Crippen LogP contribution in [0.2, 0.25) is 0 Å². The van der Waals surface area contributed by atoms with E-state index in [9.17, 15) is 9.59 Å². The largest absolute Gasteiger partial charge is 0.366 e. The van der Waals surface area contributed by atoms with E-state index < -0.39 is 0 Å². The number of hydrogen-bond donors (Lipinski definition) is 0. The molecule has 0 N–H and O–H groups in total. The summed E-state index contributed by atoms with van der Waals surface area (Å²) >= 11 is 0. The highest BCUT2D eigenvalue weighted by Crippen LogP contribution is 2.27. The van der Waals surface area contributed by atoms with Crippen LogP contribution in [0.15, 0.2) is 15.7 Å². The molecule has 0 radical (unpaired) electrons. The minimum absolute atomic E-state index is 0.0633. The third-order valence-electron chi connectivity index (χ3n) is 2.23. The maximum atomic E-state index is 11.4. The number of rotatable bonds is 1. The lowest BCUT2D eigenvalue weighted by atomic mass is 10.3. The Morgan fingerprint density at radius 1 is 1.38 bits per heavy atom. The first-order valence-electron chi connectivity index (χ1n) is 4.00. The maximum Gasteiger partial charge on any atom is 0.330 e. The standard InChI is InChI=1S/C8H10N2O3/c1-9-5(6-4-13-6)3-7(11)10(2)8(9)12/h3,6H,4H2,1-2H3/t6-/m1/s1. The van der Waals surface area contributed by atoms with Gasteiger partial charge in [0.15, 0.2) is 0 Å². The zero-order valence-corrected chi connectivity index (χ0v) is 7.48. The Kier molecular flexibility index (Phi) is 1.63. The van der Waals surface area contributed by atoms with Crippen molar-refractivity contribution in [3.05, 3.63) is 32.6 Å². The lowest BCUT2D eigenvalue weighted by Crippen LogP contribution is -2.37. The molecule has 0 saturated carbocycles. The molecule has 1 fully saturated rings. The summed E-state index contributed by atoms with van der Waals surface area (Å²) in [5, 5.41) is 0. The van der Waals surface area contributed by atoms with Crippen LogP contribution < -0.4 is 11.2 Å². The van der Waals surface area contributed by atoms with E-state index >= 15 is 0 Å². The molecule has 70 valence electrons. The Hall–Kier alpha value is -1.36. The summed E-state index contributed by atoms with van der Waals surface area (Å²) < 4.78 is 7.54. The molecule has 0 aromatic carbocycles. The molecular formula is C8H10N2O3. The molecule has 0 unspecified atom stereocenters. The van der Waals surface area contributed by atoms with Gasteiger partial charge in [0, 0.05) is 20.2 Å². The van der Waals surface area contributed by atoms with Crippen LogP contribution in [0.5, 0.6) is 0 Å². The molecule has 1 aliphatic rings. The molecule has 1 aliphatic heterocycles. The van der Waals surface area contributed by atoms with E-state index in [1.165, 1.54) is 17.7 Å². The van der Waals surface area contributed by atoms with Gasteiger partial charge in [0.05, 0.1) is 12.3 Å². The van der Waals surface area contributed by atoms with Crippen LogP contribution in [-0.2, 0) is 18.8 Å². The highest BCUT2D eigenvalue weighted by atomic mass is 16.6. The monoisotopic (exact) mass is 182 g/mol. The van der Waals surface area contributed by atoms with E-state index in [-0.39, 0.29) is 17.4 Å². The molecule has 5 heteroatoms. The quantitative estimate of drug-likeness (QED) is 0.532. The fourth-order valence-electron chi connectivity index (χ4n) is 1.28. The lowest BCUT2D eigenvalue weighted by molar-refractivity contribution is 0.402. The van der Waals surface area contributed by atoms with Crippen molar-refractivity contribution in [1.29, 1.82) is 0 Å². The normalized spacial score (nSPS) is 20.3. The van der Waals surface area contributed by atoms with Gasteiger partial charge in [0.1, 0.15) is 6.10 Å². The van der Waals surface area contributed by atoms with E-state index in [1.807, 2.05) is 0 Å². The van der Waals surface area contributed by atoms with Gasteiger partial charge < -0.3 is 4.74 Å². The van der Waals surface area contributed by atoms with Crippen molar-refractivity contribution < 1.29 is 4.74 Å². The molecule has 0 aliphatic carbocycles. The lowest BCUT2D eigenvalue weighted by Gasteiger charge is -2.05. The number of epoxide rings is 1. The molecule has 0 spiro atoms. The van der Waals surface area contributed by atoms with Crippen molar-refractivity contribution in [3.63, 3.8) is 0 Å². The average Bonchev–Trinajstić information content (AvgIpc) is 2.91. The zero-order valence-electron chi connectivity index (χ0n) is 7.48. The van der Waals surface area contributed by atoms with Gasteiger partial charge in [-0.05, 0) is 0 Å². The van der Waals surface area contributed by atoms with Crippen LogP contribution in [0.25, 0.3) is 0 Å². The van der Waals surface area contributed by atoms with Gasteiger partial charge in [-0.3, -0.25) is 13.9 Å². The van der Waals surface area contributed by atoms with Gasteiger partial charge in [-0.25, -0.2) is 4.79 Å². The smallest absolute Gasteiger partial charge is 0.330 e. The van der Waals surface area contributed by atoms with Crippen LogP contribution >= 0.6 is 0 Å². The predicted octanol–water partition coefficient (Wildman–Crippen LogP) is -0.845. The number of nitrogens with zero attached hydrogens (tertiary/aromatic N) is 2. The molecule has 2 heterocycles. The van der Waals surface area contributed by atoms with Crippen molar-refractivity contribution in [2.24, 2.45) is 14.1 Å². The second-order valence-electron chi connectivity index (χ2n) is 3.13. The third-order valence-corrected chi connectivity index (χ3v) is 2.23. The van der Waals surface area contributed by atoms with Crippen molar-refractivity contribution in [2.75, 3.05) is 6.61 Å². The summed E-state index contributed by atoms with van der Waals surface area (Å²) in [4.78, 5) is 22.7. The molecule has 2 rings (SSSR count). The Morgan fingerprint density at radius 2 is 2.00 bits per heavy atom. The fourth-order valence-corrected chi connectivity index (χ4v) is 1.28. The Balaban J connectivity index is 2.72. The summed E-state index contributed by atoms with van der Waals surface area (Å²) in [5.74, 6) is 0. The fraction of sp³-hybridized carbons (Fsp3) is 0.500. The molecule has 1 aromatic heterocycles. The molecule has 0 bridgehead atoms. The molecule has 5 nitrogen and oxygen atoms in total. The van der Waals surface area contributed by atoms with Crippen LogP contribution in [-0.4, -0.2) is 15.7 Å². The first-order valence-corrected chi connectivity index (χ1v) is 4.00. The minimum Gasteiger partial charge on any atom is -0.366 e. The van der Waals surface area contributed by atoms with E-state index in [0.29, 0.717) is 12.3 Å². The molecule has 13 heavy (non-hydrogen) atoms. The van der Waals surface area contributed by atoms with E-state index in [4.69, 9.17) is 4.74 Å². The van der Waals surface area contributed by atoms with Gasteiger partial charge in [-0.1, -0.05) is 0 Å². The SMILES string of the molecule is Cn1c([C@H]2CO2)cc(=O)n(C)c1=O. The van der Waals surface area contributed by atoms with Crippen molar-refractivity contribution in [3.8, 4) is 0 Å². The highest BCUT2D eigenvalue weighted by Gasteiger charge is 2.28. The van der Waals surface area contributed by atoms with Crippen LogP contribution in [0.4, 0.5) is 0 Å². The second kappa shape index (κ2) is 2.56. The number of ether oxygens (including phenoxy) is 1. The molecule has 0 amide bonds. The van der Waals surface area contributed by atoms with Gasteiger partial charge in [-0.2, -0.15) is 0 Å². The van der Waals surface area contributed by atoms with Crippen LogP contribution in [0.1, 0.15) is 11.8 Å². The van der Waals surface area contributed by atoms with Crippen molar-refractivity contribution in [2.45, 2.75) is 6.10 Å². The third kappa shape index (κ3) is 1.21. The highest BCUT2D eigenvalue weighted by molar-refractivity contribution is 5.09. The number of aromatic nitrogens is 2. The van der Waals surface area contributed by atoms with Crippen LogP contribution in [0, 0.1) is 0 Å². The van der Waals surface area contributed by atoms with Crippen molar-refractivity contribution in [1.82, 2.24) is 9.13 Å². The van der Waals surface area contributed by atoms with Gasteiger partial charge in [0.2, 0.25) is 0 Å². The van der Waals surface area contributed by atoms with E-state index in [1.54, 1.807) is 7.05 Å². The Morgan fingerprint density at radius 3 is 2.54 bits per heavy atom. The topological polar surface area (TPSA) is 56.5 Å². The maximum absolute atomic E-state index is 11.4. The summed E-state index contributed by atoms with van der Waals surface area (Å²) in [6, 6.07) is 1.44. The van der Waals surface area contributed by atoms with E-state index in [0.717, 1.165) is 4.57 Å². The van der Waals surface area contributed by atoms with Gasteiger partial charge in [-0.15, -0.1) is 0 Å². The van der Waals surface area contributed by atoms with Gasteiger partial charge >= 0.3 is 5.69 Å². The number of hydrogen-bond acceptors (Lipinski definition) is 3. The predicted molar refractivity (Wildman–Crippen MR) is 45.6 cm³/mol. The molecule has 1 saturated heterocycles. The molecule has 1 atom stereocenters. The average molecular weight is 182 g/mol. The van der Waals surface area contributed by atoms with Crippen LogP contribution in [0.3, 0.4) is 0 Å². The first-order chi connectivity index (χ1) is 6.11. The van der Waals surface area contributed by atoms with Gasteiger partial charge in [0.25, 0.3) is 5.56 Å². The Bertz CT molecular complexity index is 453. The summed E-state index contributed by atoms with van der Waals surface area (Å²) in [6.07, 6.45) is -0.0633. The summed E-state index contributed by atoms with van der Waals surface area (Å²) in [6.45, 7) is 0.598. The van der Waals surface area contributed by atoms with Crippen molar-refractivity contribution >= 4 is 0 Å². The summed E-state index contributed by atoms with van der Waals surface area (Å²) in [7, 11) is 3.10. The second-order valence-corrected chi connectivity index (χ2v) is 3.13. The Labute approximate surface area is 74.2 Å². The molecule has 1 aromatic rings. The minimum atomic E-state index is -0.307. The first kappa shape index (κ1) is 8.25. The van der Waals surface area contributed by atoms with E-state index in [2.05, 4.69) is 0 Å². The zero-order chi connectivity index (χ0) is 9.59. The molecular weight excluding hydrogens is 172 g/mol. The summed E-state index contributed by atoms with van der Waals surface area (Å²) in [5.41, 5.74) is 0.0692.